The summed E-state index contributed by atoms with van der Waals surface area (Å²) in [4.78, 5) is 4.11. The van der Waals surface area contributed by atoms with Crippen LogP contribution in [0.25, 0.3) is 0 Å². The zero-order chi connectivity index (χ0) is 12.3. The van der Waals surface area contributed by atoms with E-state index < -0.39 is 0 Å². The molecule has 3 N–H and O–H groups in total. The minimum Gasteiger partial charge on any atom is -0.271 e. The first-order chi connectivity index (χ1) is 8.24. The van der Waals surface area contributed by atoms with Crippen molar-refractivity contribution in [2.45, 2.75) is 19.9 Å². The molecule has 0 saturated carbocycles. The second-order valence-corrected chi connectivity index (χ2v) is 4.19. The van der Waals surface area contributed by atoms with Gasteiger partial charge in [0.25, 0.3) is 0 Å². The molecule has 0 aliphatic carbocycles. The summed E-state index contributed by atoms with van der Waals surface area (Å²) in [6.45, 7) is 4.14. The van der Waals surface area contributed by atoms with E-state index in [1.807, 2.05) is 31.3 Å². The van der Waals surface area contributed by atoms with E-state index in [1.54, 1.807) is 6.20 Å². The molecule has 0 saturated heterocycles. The monoisotopic (exact) mass is 227 g/mol. The summed E-state index contributed by atoms with van der Waals surface area (Å²) in [6, 6.07) is 10.3. The first-order valence-electron chi connectivity index (χ1n) is 5.66. The van der Waals surface area contributed by atoms with Gasteiger partial charge in [-0.3, -0.25) is 10.8 Å². The highest BCUT2D eigenvalue weighted by atomic mass is 15.2. The van der Waals surface area contributed by atoms with Gasteiger partial charge in [-0.15, -0.1) is 0 Å². The Morgan fingerprint density at radius 2 is 1.76 bits per heavy atom. The minimum atomic E-state index is 0.0131. The Hall–Kier alpha value is -1.71. The normalized spacial score (nSPS) is 12.4. The van der Waals surface area contributed by atoms with Gasteiger partial charge in [-0.1, -0.05) is 24.3 Å². The lowest BCUT2D eigenvalue weighted by atomic mass is 9.94. The third kappa shape index (κ3) is 2.35. The molecule has 3 heteroatoms. The number of aryl methyl sites for hydroxylation is 2. The molecule has 0 amide bonds. The summed E-state index contributed by atoms with van der Waals surface area (Å²) in [6.07, 6.45) is 3.66. The van der Waals surface area contributed by atoms with E-state index in [1.165, 1.54) is 11.1 Å². The van der Waals surface area contributed by atoms with Crippen LogP contribution in [0.4, 0.5) is 0 Å². The molecule has 0 spiro atoms. The Bertz CT molecular complexity index is 463. The topological polar surface area (TPSA) is 50.9 Å². The van der Waals surface area contributed by atoms with Gasteiger partial charge in [0.2, 0.25) is 0 Å². The fourth-order valence-electron chi connectivity index (χ4n) is 2.07. The zero-order valence-corrected chi connectivity index (χ0v) is 10.1. The van der Waals surface area contributed by atoms with Crippen LogP contribution in [0, 0.1) is 13.8 Å². The molecule has 1 aromatic carbocycles. The lowest BCUT2D eigenvalue weighted by Gasteiger charge is -2.20. The fraction of sp³-hybridized carbons (Fsp3) is 0.214. The van der Waals surface area contributed by atoms with Crippen molar-refractivity contribution in [1.29, 1.82) is 0 Å². The SMILES string of the molecule is Cc1ccccc1C(NN)c1ccncc1C. The maximum atomic E-state index is 5.70. The van der Waals surface area contributed by atoms with Crippen molar-refractivity contribution in [2.24, 2.45) is 5.84 Å². The van der Waals surface area contributed by atoms with E-state index in [4.69, 9.17) is 5.84 Å². The van der Waals surface area contributed by atoms with E-state index in [2.05, 4.69) is 29.5 Å². The fourth-order valence-corrected chi connectivity index (χ4v) is 2.07. The molecule has 1 atom stereocenters. The van der Waals surface area contributed by atoms with Gasteiger partial charge in [-0.2, -0.15) is 0 Å². The Kier molecular flexibility index (Phi) is 3.52. The summed E-state index contributed by atoms with van der Waals surface area (Å²) < 4.78 is 0. The highest BCUT2D eigenvalue weighted by Crippen LogP contribution is 2.25. The maximum Gasteiger partial charge on any atom is 0.0716 e. The molecule has 1 aromatic heterocycles. The van der Waals surface area contributed by atoms with Gasteiger partial charge in [0, 0.05) is 12.4 Å². The number of hydrogen-bond donors (Lipinski definition) is 2. The molecule has 3 nitrogen and oxygen atoms in total. The Morgan fingerprint density at radius 3 is 2.41 bits per heavy atom. The zero-order valence-electron chi connectivity index (χ0n) is 10.1. The van der Waals surface area contributed by atoms with Gasteiger partial charge >= 0.3 is 0 Å². The van der Waals surface area contributed by atoms with E-state index in [0.29, 0.717) is 0 Å². The number of benzene rings is 1. The number of nitrogens with one attached hydrogen (secondary N) is 1. The van der Waals surface area contributed by atoms with Crippen molar-refractivity contribution < 1.29 is 0 Å². The lowest BCUT2D eigenvalue weighted by molar-refractivity contribution is 0.629. The summed E-state index contributed by atoms with van der Waals surface area (Å²) in [5.74, 6) is 5.70. The molecule has 0 bridgehead atoms. The number of aromatic nitrogens is 1. The highest BCUT2D eigenvalue weighted by molar-refractivity contribution is 5.38. The van der Waals surface area contributed by atoms with E-state index in [-0.39, 0.29) is 6.04 Å². The molecule has 17 heavy (non-hydrogen) atoms. The van der Waals surface area contributed by atoms with Crippen molar-refractivity contribution in [3.63, 3.8) is 0 Å². The van der Waals surface area contributed by atoms with Gasteiger partial charge in [-0.25, -0.2) is 5.43 Å². The Morgan fingerprint density at radius 1 is 1.06 bits per heavy atom. The number of pyridine rings is 1. The number of nitrogens with two attached hydrogens (primary N) is 1. The summed E-state index contributed by atoms with van der Waals surface area (Å²) in [5, 5.41) is 0. The predicted octanol–water partition coefficient (Wildman–Crippen LogP) is 2.25. The van der Waals surface area contributed by atoms with E-state index in [9.17, 15) is 0 Å². The highest BCUT2D eigenvalue weighted by Gasteiger charge is 2.15. The van der Waals surface area contributed by atoms with Gasteiger partial charge in [0.05, 0.1) is 6.04 Å². The molecule has 1 unspecified atom stereocenters. The second-order valence-electron chi connectivity index (χ2n) is 4.19. The second kappa shape index (κ2) is 5.08. The Balaban J connectivity index is 2.48. The number of hydrogen-bond acceptors (Lipinski definition) is 3. The van der Waals surface area contributed by atoms with Crippen LogP contribution in [0.5, 0.6) is 0 Å². The average Bonchev–Trinajstić information content (AvgIpc) is 2.34. The number of rotatable bonds is 3. The number of nitrogens with zero attached hydrogens (tertiary/aromatic N) is 1. The predicted molar refractivity (Wildman–Crippen MR) is 69.3 cm³/mol. The standard InChI is InChI=1S/C14H17N3/c1-10-5-3-4-6-12(10)14(17-15)13-7-8-16-9-11(13)2/h3-9,14,17H,15H2,1-2H3. The molecule has 1 heterocycles. The van der Waals surface area contributed by atoms with Crippen LogP contribution in [0.2, 0.25) is 0 Å². The van der Waals surface area contributed by atoms with Crippen LogP contribution in [-0.4, -0.2) is 4.98 Å². The summed E-state index contributed by atoms with van der Waals surface area (Å²) in [5.41, 5.74) is 7.62. The molecule has 0 aliphatic rings. The van der Waals surface area contributed by atoms with Crippen LogP contribution < -0.4 is 11.3 Å². The molecule has 0 aliphatic heterocycles. The molecule has 2 rings (SSSR count). The van der Waals surface area contributed by atoms with Gasteiger partial charge < -0.3 is 0 Å². The van der Waals surface area contributed by atoms with Crippen LogP contribution >= 0.6 is 0 Å². The molecule has 0 fully saturated rings. The third-order valence-corrected chi connectivity index (χ3v) is 3.04. The van der Waals surface area contributed by atoms with Crippen LogP contribution in [0.3, 0.4) is 0 Å². The quantitative estimate of drug-likeness (QED) is 0.624. The van der Waals surface area contributed by atoms with Crippen molar-refractivity contribution in [3.05, 3.63) is 65.0 Å². The van der Waals surface area contributed by atoms with Crippen LogP contribution in [0.1, 0.15) is 28.3 Å². The van der Waals surface area contributed by atoms with E-state index >= 15 is 0 Å². The summed E-state index contributed by atoms with van der Waals surface area (Å²) >= 11 is 0. The molecular formula is C14H17N3. The Labute approximate surface area is 102 Å². The lowest BCUT2D eigenvalue weighted by Crippen LogP contribution is -2.29. The van der Waals surface area contributed by atoms with E-state index in [0.717, 1.165) is 11.1 Å². The van der Waals surface area contributed by atoms with Crippen molar-refractivity contribution >= 4 is 0 Å². The number of hydrazine groups is 1. The largest absolute Gasteiger partial charge is 0.271 e. The molecule has 2 aromatic rings. The average molecular weight is 227 g/mol. The van der Waals surface area contributed by atoms with Gasteiger partial charge in [0.15, 0.2) is 0 Å². The summed E-state index contributed by atoms with van der Waals surface area (Å²) in [7, 11) is 0. The first-order valence-corrected chi connectivity index (χ1v) is 5.66. The molecule has 0 radical (unpaired) electrons. The van der Waals surface area contributed by atoms with Crippen molar-refractivity contribution in [3.8, 4) is 0 Å². The first kappa shape index (κ1) is 11.8. The van der Waals surface area contributed by atoms with Crippen LogP contribution in [-0.2, 0) is 0 Å². The van der Waals surface area contributed by atoms with Crippen molar-refractivity contribution in [1.82, 2.24) is 10.4 Å². The maximum absolute atomic E-state index is 5.70. The third-order valence-electron chi connectivity index (χ3n) is 3.04. The minimum absolute atomic E-state index is 0.0131. The molecule has 88 valence electrons. The van der Waals surface area contributed by atoms with Crippen molar-refractivity contribution in [2.75, 3.05) is 0 Å². The molecular weight excluding hydrogens is 210 g/mol. The van der Waals surface area contributed by atoms with Gasteiger partial charge in [-0.05, 0) is 42.2 Å². The van der Waals surface area contributed by atoms with Gasteiger partial charge in [0.1, 0.15) is 0 Å². The van der Waals surface area contributed by atoms with Crippen LogP contribution in [0.15, 0.2) is 42.7 Å². The smallest absolute Gasteiger partial charge is 0.0716 e.